The van der Waals surface area contributed by atoms with E-state index in [2.05, 4.69) is 32.0 Å². The third-order valence-electron chi connectivity index (χ3n) is 2.97. The summed E-state index contributed by atoms with van der Waals surface area (Å²) in [4.78, 5) is 0. The zero-order valence-corrected chi connectivity index (χ0v) is 10.2. The van der Waals surface area contributed by atoms with E-state index >= 15 is 0 Å². The Morgan fingerprint density at radius 1 is 1.07 bits per heavy atom. The van der Waals surface area contributed by atoms with Gasteiger partial charge in [-0.05, 0) is 35.4 Å². The first-order chi connectivity index (χ1) is 7.10. The molecule has 0 bridgehead atoms. The van der Waals surface area contributed by atoms with E-state index in [1.54, 1.807) is 0 Å². The second-order valence-corrected chi connectivity index (χ2v) is 4.42. The molecule has 1 heteroatoms. The molecule has 0 spiro atoms. The lowest BCUT2D eigenvalue weighted by atomic mass is 9.93. The molecule has 0 aliphatic heterocycles. The molecule has 0 aliphatic carbocycles. The standard InChI is InChI=1S/C14H22O/c1-5-11-7-8-13(9-12(11)6-2)14(15)10(3)4/h7-10,14-15H,5-6H2,1-4H3. The first-order valence-electron chi connectivity index (χ1n) is 5.89. The van der Waals surface area contributed by atoms with Crippen molar-refractivity contribution in [1.82, 2.24) is 0 Å². The van der Waals surface area contributed by atoms with Gasteiger partial charge in [-0.15, -0.1) is 0 Å². The third kappa shape index (κ3) is 2.82. The van der Waals surface area contributed by atoms with Crippen LogP contribution in [-0.2, 0) is 12.8 Å². The lowest BCUT2D eigenvalue weighted by Crippen LogP contribution is -2.06. The summed E-state index contributed by atoms with van der Waals surface area (Å²) >= 11 is 0. The van der Waals surface area contributed by atoms with Crippen LogP contribution in [0.2, 0.25) is 0 Å². The van der Waals surface area contributed by atoms with Gasteiger partial charge in [-0.2, -0.15) is 0 Å². The summed E-state index contributed by atoms with van der Waals surface area (Å²) in [6, 6.07) is 6.37. The Balaban J connectivity index is 3.02. The van der Waals surface area contributed by atoms with Crippen molar-refractivity contribution in [2.45, 2.75) is 46.6 Å². The van der Waals surface area contributed by atoms with E-state index in [0.717, 1.165) is 18.4 Å². The molecule has 1 aromatic rings. The van der Waals surface area contributed by atoms with Crippen LogP contribution in [0.3, 0.4) is 0 Å². The number of hydrogen-bond acceptors (Lipinski definition) is 1. The van der Waals surface area contributed by atoms with Crippen LogP contribution >= 0.6 is 0 Å². The highest BCUT2D eigenvalue weighted by Crippen LogP contribution is 2.24. The van der Waals surface area contributed by atoms with Crippen molar-refractivity contribution in [3.05, 3.63) is 34.9 Å². The van der Waals surface area contributed by atoms with Gasteiger partial charge in [-0.1, -0.05) is 45.9 Å². The monoisotopic (exact) mass is 206 g/mol. The van der Waals surface area contributed by atoms with Crippen molar-refractivity contribution in [2.75, 3.05) is 0 Å². The predicted molar refractivity (Wildman–Crippen MR) is 65.0 cm³/mol. The van der Waals surface area contributed by atoms with E-state index in [4.69, 9.17) is 0 Å². The van der Waals surface area contributed by atoms with Crippen molar-refractivity contribution in [2.24, 2.45) is 5.92 Å². The zero-order chi connectivity index (χ0) is 11.4. The van der Waals surface area contributed by atoms with Gasteiger partial charge < -0.3 is 5.11 Å². The molecule has 84 valence electrons. The Morgan fingerprint density at radius 2 is 1.67 bits per heavy atom. The normalized spacial score (nSPS) is 13.2. The van der Waals surface area contributed by atoms with Crippen molar-refractivity contribution >= 4 is 0 Å². The number of aryl methyl sites for hydroxylation is 2. The number of rotatable bonds is 4. The summed E-state index contributed by atoms with van der Waals surface area (Å²) < 4.78 is 0. The minimum absolute atomic E-state index is 0.280. The first-order valence-corrected chi connectivity index (χ1v) is 5.89. The number of hydrogen-bond donors (Lipinski definition) is 1. The Bertz CT molecular complexity index is 315. The van der Waals surface area contributed by atoms with Gasteiger partial charge in [-0.3, -0.25) is 0 Å². The molecule has 1 atom stereocenters. The maximum atomic E-state index is 9.98. The van der Waals surface area contributed by atoms with Gasteiger partial charge in [0.25, 0.3) is 0 Å². The van der Waals surface area contributed by atoms with Crippen molar-refractivity contribution in [3.63, 3.8) is 0 Å². The van der Waals surface area contributed by atoms with E-state index in [0.29, 0.717) is 0 Å². The molecule has 1 rings (SSSR count). The summed E-state index contributed by atoms with van der Waals surface area (Å²) in [6.45, 7) is 8.43. The molecule has 0 aliphatic rings. The highest BCUT2D eigenvalue weighted by atomic mass is 16.3. The van der Waals surface area contributed by atoms with E-state index in [9.17, 15) is 5.11 Å². The van der Waals surface area contributed by atoms with Gasteiger partial charge >= 0.3 is 0 Å². The van der Waals surface area contributed by atoms with Crippen LogP contribution < -0.4 is 0 Å². The fourth-order valence-electron chi connectivity index (χ4n) is 1.89. The smallest absolute Gasteiger partial charge is 0.0813 e. The van der Waals surface area contributed by atoms with E-state index in [1.807, 2.05) is 13.8 Å². The summed E-state index contributed by atoms with van der Waals surface area (Å²) in [7, 11) is 0. The zero-order valence-electron chi connectivity index (χ0n) is 10.2. The predicted octanol–water partition coefficient (Wildman–Crippen LogP) is 3.50. The van der Waals surface area contributed by atoms with Crippen molar-refractivity contribution in [3.8, 4) is 0 Å². The molecule has 0 radical (unpaired) electrons. The quantitative estimate of drug-likeness (QED) is 0.799. The number of aliphatic hydroxyl groups is 1. The van der Waals surface area contributed by atoms with Crippen LogP contribution in [0.1, 0.15) is 50.5 Å². The van der Waals surface area contributed by atoms with Crippen LogP contribution in [0.15, 0.2) is 18.2 Å². The fourth-order valence-corrected chi connectivity index (χ4v) is 1.89. The van der Waals surface area contributed by atoms with Gasteiger partial charge in [0.05, 0.1) is 6.10 Å². The lowest BCUT2D eigenvalue weighted by molar-refractivity contribution is 0.127. The maximum Gasteiger partial charge on any atom is 0.0813 e. The van der Waals surface area contributed by atoms with Crippen LogP contribution in [0.25, 0.3) is 0 Å². The van der Waals surface area contributed by atoms with E-state index in [-0.39, 0.29) is 12.0 Å². The van der Waals surface area contributed by atoms with Crippen molar-refractivity contribution < 1.29 is 5.11 Å². The molecule has 0 heterocycles. The van der Waals surface area contributed by atoms with Gasteiger partial charge in [0.15, 0.2) is 0 Å². The number of benzene rings is 1. The maximum absolute atomic E-state index is 9.98. The minimum Gasteiger partial charge on any atom is -0.388 e. The Labute approximate surface area is 93.1 Å². The largest absolute Gasteiger partial charge is 0.388 e. The molecule has 0 amide bonds. The van der Waals surface area contributed by atoms with Crippen LogP contribution in [0.4, 0.5) is 0 Å². The summed E-state index contributed by atoms with van der Waals surface area (Å²) in [5.74, 6) is 0.280. The molecule has 1 unspecified atom stereocenters. The molecular weight excluding hydrogens is 184 g/mol. The highest BCUT2D eigenvalue weighted by Gasteiger charge is 2.12. The summed E-state index contributed by atoms with van der Waals surface area (Å²) in [6.07, 6.45) is 1.78. The van der Waals surface area contributed by atoms with Crippen molar-refractivity contribution in [1.29, 1.82) is 0 Å². The minimum atomic E-state index is -0.332. The average molecular weight is 206 g/mol. The SMILES string of the molecule is CCc1ccc(C(O)C(C)C)cc1CC. The Morgan fingerprint density at radius 3 is 2.13 bits per heavy atom. The molecule has 0 saturated carbocycles. The Hall–Kier alpha value is -0.820. The van der Waals surface area contributed by atoms with Gasteiger partial charge in [0.1, 0.15) is 0 Å². The summed E-state index contributed by atoms with van der Waals surface area (Å²) in [5, 5.41) is 9.98. The fraction of sp³-hybridized carbons (Fsp3) is 0.571. The van der Waals surface area contributed by atoms with E-state index in [1.165, 1.54) is 11.1 Å². The summed E-state index contributed by atoms with van der Waals surface area (Å²) in [5.41, 5.74) is 3.82. The van der Waals surface area contributed by atoms with E-state index < -0.39 is 0 Å². The third-order valence-corrected chi connectivity index (χ3v) is 2.97. The second-order valence-electron chi connectivity index (χ2n) is 4.42. The van der Waals surface area contributed by atoms with Gasteiger partial charge in [0, 0.05) is 0 Å². The Kier molecular flexibility index (Phi) is 4.34. The molecule has 15 heavy (non-hydrogen) atoms. The number of aliphatic hydroxyl groups excluding tert-OH is 1. The molecule has 1 N–H and O–H groups in total. The second kappa shape index (κ2) is 5.32. The molecule has 0 saturated heterocycles. The molecule has 1 nitrogen and oxygen atoms in total. The highest BCUT2D eigenvalue weighted by molar-refractivity contribution is 5.33. The molecule has 0 fully saturated rings. The van der Waals surface area contributed by atoms with Gasteiger partial charge in [0.2, 0.25) is 0 Å². The molecule has 1 aromatic carbocycles. The lowest BCUT2D eigenvalue weighted by Gasteiger charge is -2.17. The average Bonchev–Trinajstić information content (AvgIpc) is 2.26. The molecule has 0 aromatic heterocycles. The molecular formula is C14H22O. The topological polar surface area (TPSA) is 20.2 Å². The van der Waals surface area contributed by atoms with Crippen LogP contribution in [0, 0.1) is 5.92 Å². The first kappa shape index (κ1) is 12.3. The van der Waals surface area contributed by atoms with Gasteiger partial charge in [-0.25, -0.2) is 0 Å². The van der Waals surface area contributed by atoms with Crippen LogP contribution in [-0.4, -0.2) is 5.11 Å². The van der Waals surface area contributed by atoms with Crippen LogP contribution in [0.5, 0.6) is 0 Å².